The van der Waals surface area contributed by atoms with E-state index in [-0.39, 0.29) is 11.3 Å². The number of carboxylic acids is 1. The molecule has 0 aromatic heterocycles. The van der Waals surface area contributed by atoms with Crippen LogP contribution in [0.5, 0.6) is 5.75 Å². The monoisotopic (exact) mass is 377 g/mol. The summed E-state index contributed by atoms with van der Waals surface area (Å²) < 4.78 is 10.9. The molecule has 6 nitrogen and oxygen atoms in total. The molecule has 1 aromatic carbocycles. The van der Waals surface area contributed by atoms with Crippen LogP contribution in [0.2, 0.25) is 0 Å². The molecule has 0 unspecified atom stereocenters. The van der Waals surface area contributed by atoms with E-state index in [0.29, 0.717) is 17.9 Å². The number of nitrogens with one attached hydrogen (secondary N) is 1. The van der Waals surface area contributed by atoms with Crippen LogP contribution in [0.3, 0.4) is 0 Å². The number of carbonyl (C=O) groups is 2. The molecule has 1 aromatic rings. The Hall–Kier alpha value is -2.08. The van der Waals surface area contributed by atoms with Crippen LogP contribution in [-0.2, 0) is 9.53 Å². The molecule has 150 valence electrons. The zero-order chi connectivity index (χ0) is 19.9. The molecule has 2 N–H and O–H groups in total. The minimum atomic E-state index is -1.02. The highest BCUT2D eigenvalue weighted by Gasteiger charge is 2.33. The number of hydrogen-bond donors (Lipinski definition) is 2. The van der Waals surface area contributed by atoms with E-state index in [9.17, 15) is 9.59 Å². The molecule has 0 bridgehead atoms. The average Bonchev–Trinajstić information content (AvgIpc) is 3.08. The zero-order valence-electron chi connectivity index (χ0n) is 16.6. The van der Waals surface area contributed by atoms with Crippen LogP contribution in [0.25, 0.3) is 0 Å². The smallest absolute Gasteiger partial charge is 0.341 e. The van der Waals surface area contributed by atoms with E-state index in [1.807, 2.05) is 20.8 Å². The van der Waals surface area contributed by atoms with E-state index in [1.54, 1.807) is 12.1 Å². The summed E-state index contributed by atoms with van der Waals surface area (Å²) in [5.74, 6) is -0.601. The number of carbonyl (C=O) groups excluding carboxylic acids is 1. The predicted molar refractivity (Wildman–Crippen MR) is 103 cm³/mol. The summed E-state index contributed by atoms with van der Waals surface area (Å²) in [4.78, 5) is 23.4. The van der Waals surface area contributed by atoms with Crippen LogP contribution >= 0.6 is 0 Å². The van der Waals surface area contributed by atoms with Gasteiger partial charge in [-0.25, -0.2) is 4.79 Å². The van der Waals surface area contributed by atoms with Crippen molar-refractivity contribution in [2.45, 2.75) is 52.9 Å². The standard InChI is InChI=1S/C21H31NO5/c1-4-26-10-9-21(7-5-6-8-21)14-22-20(25)17-11-15(2)19(16(3)12-17)27-13-18(23)24/h11-12H,4-10,13-14H2,1-3H3,(H,22,25)(H,23,24). The summed E-state index contributed by atoms with van der Waals surface area (Å²) in [5, 5.41) is 11.9. The lowest BCUT2D eigenvalue weighted by atomic mass is 9.83. The summed E-state index contributed by atoms with van der Waals surface area (Å²) in [6.07, 6.45) is 5.63. The van der Waals surface area contributed by atoms with Gasteiger partial charge in [-0.3, -0.25) is 4.79 Å². The molecule has 0 atom stereocenters. The molecule has 0 radical (unpaired) electrons. The highest BCUT2D eigenvalue weighted by atomic mass is 16.5. The van der Waals surface area contributed by atoms with Crippen molar-refractivity contribution in [1.82, 2.24) is 5.32 Å². The van der Waals surface area contributed by atoms with Crippen molar-refractivity contribution in [3.8, 4) is 5.75 Å². The Morgan fingerprint density at radius 3 is 2.37 bits per heavy atom. The van der Waals surface area contributed by atoms with E-state index < -0.39 is 12.6 Å². The predicted octanol–water partition coefficient (Wildman–Crippen LogP) is 3.48. The second-order valence-electron chi connectivity index (χ2n) is 7.46. The van der Waals surface area contributed by atoms with E-state index in [2.05, 4.69) is 5.32 Å². The van der Waals surface area contributed by atoms with Gasteiger partial charge >= 0.3 is 5.97 Å². The summed E-state index contributed by atoms with van der Waals surface area (Å²) in [6.45, 7) is 7.36. The van der Waals surface area contributed by atoms with Crippen molar-refractivity contribution in [3.63, 3.8) is 0 Å². The van der Waals surface area contributed by atoms with Gasteiger partial charge in [-0.2, -0.15) is 0 Å². The third kappa shape index (κ3) is 5.96. The Bertz CT molecular complexity index is 642. The van der Waals surface area contributed by atoms with Crippen LogP contribution in [0, 0.1) is 19.3 Å². The molecule has 1 fully saturated rings. The van der Waals surface area contributed by atoms with Crippen molar-refractivity contribution >= 4 is 11.9 Å². The van der Waals surface area contributed by atoms with Gasteiger partial charge in [0.05, 0.1) is 0 Å². The number of aliphatic carboxylic acids is 1. The lowest BCUT2D eigenvalue weighted by Crippen LogP contribution is -2.36. The maximum Gasteiger partial charge on any atom is 0.341 e. The molecular formula is C21H31NO5. The molecule has 1 saturated carbocycles. The van der Waals surface area contributed by atoms with E-state index >= 15 is 0 Å². The van der Waals surface area contributed by atoms with Gasteiger partial charge in [-0.05, 0) is 68.7 Å². The van der Waals surface area contributed by atoms with Gasteiger partial charge < -0.3 is 19.9 Å². The first-order valence-corrected chi connectivity index (χ1v) is 9.69. The Morgan fingerprint density at radius 1 is 1.19 bits per heavy atom. The average molecular weight is 377 g/mol. The first-order valence-electron chi connectivity index (χ1n) is 9.69. The van der Waals surface area contributed by atoms with Crippen molar-refractivity contribution in [1.29, 1.82) is 0 Å². The normalized spacial score (nSPS) is 15.5. The fourth-order valence-electron chi connectivity index (χ4n) is 3.89. The van der Waals surface area contributed by atoms with Gasteiger partial charge in [0.1, 0.15) is 5.75 Å². The van der Waals surface area contributed by atoms with Gasteiger partial charge in [-0.15, -0.1) is 0 Å². The number of carboxylic acid groups (broad SMARTS) is 1. The highest BCUT2D eigenvalue weighted by molar-refractivity contribution is 5.95. The largest absolute Gasteiger partial charge is 0.481 e. The lowest BCUT2D eigenvalue weighted by molar-refractivity contribution is -0.139. The molecule has 1 aliphatic carbocycles. The Labute approximate surface area is 161 Å². The van der Waals surface area contributed by atoms with Crippen molar-refractivity contribution < 1.29 is 24.2 Å². The van der Waals surface area contributed by atoms with Crippen molar-refractivity contribution in [2.75, 3.05) is 26.4 Å². The molecular weight excluding hydrogens is 346 g/mol. The van der Waals surface area contributed by atoms with Crippen LogP contribution in [0.15, 0.2) is 12.1 Å². The van der Waals surface area contributed by atoms with Gasteiger partial charge in [-0.1, -0.05) is 12.8 Å². The topological polar surface area (TPSA) is 84.9 Å². The minimum Gasteiger partial charge on any atom is -0.481 e. The molecule has 27 heavy (non-hydrogen) atoms. The van der Waals surface area contributed by atoms with Crippen molar-refractivity contribution in [2.24, 2.45) is 5.41 Å². The Morgan fingerprint density at radius 2 is 1.81 bits per heavy atom. The summed E-state index contributed by atoms with van der Waals surface area (Å²) in [5.41, 5.74) is 2.23. The second-order valence-corrected chi connectivity index (χ2v) is 7.46. The molecule has 0 heterocycles. The fraction of sp³-hybridized carbons (Fsp3) is 0.619. The molecule has 2 rings (SSSR count). The van der Waals surface area contributed by atoms with E-state index in [1.165, 1.54) is 12.8 Å². The third-order valence-electron chi connectivity index (χ3n) is 5.33. The van der Waals surface area contributed by atoms with Crippen LogP contribution in [-0.4, -0.2) is 43.3 Å². The van der Waals surface area contributed by atoms with Gasteiger partial charge in [0.25, 0.3) is 5.91 Å². The van der Waals surface area contributed by atoms with Gasteiger partial charge in [0.15, 0.2) is 6.61 Å². The first kappa shape index (κ1) is 21.2. The third-order valence-corrected chi connectivity index (χ3v) is 5.33. The number of aryl methyl sites for hydroxylation is 2. The molecule has 1 amide bonds. The SMILES string of the molecule is CCOCCC1(CNC(=O)c2cc(C)c(OCC(=O)O)c(C)c2)CCCC1. The van der Waals surface area contributed by atoms with Gasteiger partial charge in [0.2, 0.25) is 0 Å². The molecule has 1 aliphatic rings. The molecule has 0 spiro atoms. The number of benzene rings is 1. The lowest BCUT2D eigenvalue weighted by Gasteiger charge is -2.29. The van der Waals surface area contributed by atoms with Crippen LogP contribution in [0.4, 0.5) is 0 Å². The molecule has 6 heteroatoms. The number of ether oxygens (including phenoxy) is 2. The summed E-state index contributed by atoms with van der Waals surface area (Å²) in [7, 11) is 0. The number of rotatable bonds is 10. The number of amides is 1. The van der Waals surface area contributed by atoms with Crippen molar-refractivity contribution in [3.05, 3.63) is 28.8 Å². The second kappa shape index (κ2) is 9.74. The quantitative estimate of drug-likeness (QED) is 0.610. The van der Waals surface area contributed by atoms with E-state index in [4.69, 9.17) is 14.6 Å². The summed E-state index contributed by atoms with van der Waals surface area (Å²) in [6, 6.07) is 3.50. The van der Waals surface area contributed by atoms with Crippen LogP contribution < -0.4 is 10.1 Å². The fourth-order valence-corrected chi connectivity index (χ4v) is 3.89. The molecule has 0 saturated heterocycles. The zero-order valence-corrected chi connectivity index (χ0v) is 16.6. The summed E-state index contributed by atoms with van der Waals surface area (Å²) >= 11 is 0. The minimum absolute atomic E-state index is 0.103. The Balaban J connectivity index is 2.01. The number of hydrogen-bond acceptors (Lipinski definition) is 4. The first-order chi connectivity index (χ1) is 12.9. The maximum atomic E-state index is 12.7. The highest BCUT2D eigenvalue weighted by Crippen LogP contribution is 2.40. The Kier molecular flexibility index (Phi) is 7.66. The molecule has 0 aliphatic heterocycles. The van der Waals surface area contributed by atoms with E-state index in [0.717, 1.165) is 43.6 Å². The van der Waals surface area contributed by atoms with Crippen LogP contribution in [0.1, 0.15) is 60.5 Å². The maximum absolute atomic E-state index is 12.7. The van der Waals surface area contributed by atoms with Gasteiger partial charge in [0, 0.05) is 25.3 Å².